The van der Waals surface area contributed by atoms with E-state index in [-0.39, 0.29) is 11.8 Å². The molecule has 22 heavy (non-hydrogen) atoms. The summed E-state index contributed by atoms with van der Waals surface area (Å²) in [7, 11) is -0.948. The van der Waals surface area contributed by atoms with Crippen LogP contribution < -0.4 is 5.32 Å². The van der Waals surface area contributed by atoms with E-state index in [2.05, 4.69) is 10.2 Å². The van der Waals surface area contributed by atoms with Crippen molar-refractivity contribution in [3.05, 3.63) is 30.3 Å². The lowest BCUT2D eigenvalue weighted by molar-refractivity contribution is -0.126. The van der Waals surface area contributed by atoms with Gasteiger partial charge in [-0.3, -0.25) is 9.00 Å². The van der Waals surface area contributed by atoms with Gasteiger partial charge in [0.2, 0.25) is 5.91 Å². The SMILES string of the molecule is O=C(NC1CC1)C1CCCN(CCS(=O)c2ccccc2)C1. The molecule has 5 heteroatoms. The van der Waals surface area contributed by atoms with Crippen molar-refractivity contribution in [2.75, 3.05) is 25.4 Å². The average Bonchev–Trinajstić information content (AvgIpc) is 3.37. The molecule has 2 fully saturated rings. The molecule has 120 valence electrons. The lowest BCUT2D eigenvalue weighted by Crippen LogP contribution is -2.44. The summed E-state index contributed by atoms with van der Waals surface area (Å²) < 4.78 is 12.3. The molecule has 3 rings (SSSR count). The highest BCUT2D eigenvalue weighted by Crippen LogP contribution is 2.22. The van der Waals surface area contributed by atoms with Gasteiger partial charge in [-0.05, 0) is 44.4 Å². The number of likely N-dealkylation sites (tertiary alicyclic amines) is 1. The number of piperidine rings is 1. The van der Waals surface area contributed by atoms with Crippen LogP contribution in [0.25, 0.3) is 0 Å². The fourth-order valence-electron chi connectivity index (χ4n) is 2.92. The van der Waals surface area contributed by atoms with Crippen LogP contribution >= 0.6 is 0 Å². The van der Waals surface area contributed by atoms with Gasteiger partial charge in [0.1, 0.15) is 0 Å². The van der Waals surface area contributed by atoms with Gasteiger partial charge in [-0.25, -0.2) is 0 Å². The number of hydrogen-bond donors (Lipinski definition) is 1. The van der Waals surface area contributed by atoms with Crippen molar-refractivity contribution in [2.24, 2.45) is 5.92 Å². The maximum atomic E-state index is 12.3. The van der Waals surface area contributed by atoms with Crippen molar-refractivity contribution < 1.29 is 9.00 Å². The zero-order chi connectivity index (χ0) is 15.4. The smallest absolute Gasteiger partial charge is 0.224 e. The fraction of sp³-hybridized carbons (Fsp3) is 0.588. The summed E-state index contributed by atoms with van der Waals surface area (Å²) in [6.45, 7) is 2.62. The molecule has 1 aromatic carbocycles. The zero-order valence-electron chi connectivity index (χ0n) is 12.9. The van der Waals surface area contributed by atoms with Crippen LogP contribution in [0.1, 0.15) is 25.7 Å². The number of nitrogens with one attached hydrogen (secondary N) is 1. The zero-order valence-corrected chi connectivity index (χ0v) is 13.7. The Bertz CT molecular complexity index is 531. The van der Waals surface area contributed by atoms with Gasteiger partial charge in [0, 0.05) is 29.8 Å². The third-order valence-corrected chi connectivity index (χ3v) is 5.75. The molecule has 0 aromatic heterocycles. The van der Waals surface area contributed by atoms with Crippen molar-refractivity contribution >= 4 is 16.7 Å². The number of carbonyl (C=O) groups excluding carboxylic acids is 1. The summed E-state index contributed by atoms with van der Waals surface area (Å²) in [6, 6.07) is 10.1. The van der Waals surface area contributed by atoms with Crippen LogP contribution in [0, 0.1) is 5.92 Å². The number of hydrogen-bond acceptors (Lipinski definition) is 3. The van der Waals surface area contributed by atoms with Crippen LogP contribution in [0.5, 0.6) is 0 Å². The highest BCUT2D eigenvalue weighted by atomic mass is 32.2. The molecule has 1 aromatic rings. The van der Waals surface area contributed by atoms with Crippen LogP contribution in [0.4, 0.5) is 0 Å². The van der Waals surface area contributed by atoms with Gasteiger partial charge in [-0.1, -0.05) is 18.2 Å². The predicted octanol–water partition coefficient (Wildman–Crippen LogP) is 1.78. The first-order valence-corrected chi connectivity index (χ1v) is 9.50. The van der Waals surface area contributed by atoms with Crippen molar-refractivity contribution in [3.63, 3.8) is 0 Å². The van der Waals surface area contributed by atoms with Crippen LogP contribution in [0.3, 0.4) is 0 Å². The van der Waals surface area contributed by atoms with Crippen LogP contribution in [0.2, 0.25) is 0 Å². The summed E-state index contributed by atoms with van der Waals surface area (Å²) >= 11 is 0. The molecule has 0 spiro atoms. The molecular formula is C17H24N2O2S. The summed E-state index contributed by atoms with van der Waals surface area (Å²) in [5.74, 6) is 0.969. The van der Waals surface area contributed by atoms with E-state index in [0.717, 1.165) is 50.2 Å². The lowest BCUT2D eigenvalue weighted by Gasteiger charge is -2.31. The molecule has 1 aliphatic heterocycles. The molecule has 2 atom stereocenters. The van der Waals surface area contributed by atoms with Crippen LogP contribution in [-0.4, -0.2) is 46.4 Å². The standard InChI is InChI=1S/C17H24N2O2S/c20-17(18-15-8-9-15)14-5-4-10-19(13-14)11-12-22(21)16-6-2-1-3-7-16/h1-3,6-7,14-15H,4-5,8-13H2,(H,18,20). The van der Waals surface area contributed by atoms with Crippen molar-refractivity contribution in [1.29, 1.82) is 0 Å². The number of amides is 1. The van der Waals surface area contributed by atoms with E-state index in [9.17, 15) is 9.00 Å². The minimum atomic E-state index is -0.948. The fourth-order valence-corrected chi connectivity index (χ4v) is 4.04. The van der Waals surface area contributed by atoms with E-state index in [1.165, 1.54) is 0 Å². The Morgan fingerprint density at radius 1 is 1.23 bits per heavy atom. The molecule has 1 N–H and O–H groups in total. The molecule has 0 radical (unpaired) electrons. The highest BCUT2D eigenvalue weighted by Gasteiger charge is 2.30. The Hall–Kier alpha value is -1.20. The second-order valence-corrected chi connectivity index (χ2v) is 7.86. The van der Waals surface area contributed by atoms with Crippen molar-refractivity contribution in [1.82, 2.24) is 10.2 Å². The highest BCUT2D eigenvalue weighted by molar-refractivity contribution is 7.85. The van der Waals surface area contributed by atoms with Gasteiger partial charge in [0.15, 0.2) is 0 Å². The van der Waals surface area contributed by atoms with Gasteiger partial charge >= 0.3 is 0 Å². The molecule has 2 aliphatic rings. The molecule has 1 amide bonds. The molecular weight excluding hydrogens is 296 g/mol. The number of benzene rings is 1. The van der Waals surface area contributed by atoms with Crippen LogP contribution in [-0.2, 0) is 15.6 Å². The van der Waals surface area contributed by atoms with E-state index in [1.807, 2.05) is 30.3 Å². The Kier molecular flexibility index (Phi) is 5.26. The van der Waals surface area contributed by atoms with Crippen molar-refractivity contribution in [3.8, 4) is 0 Å². The van der Waals surface area contributed by atoms with E-state index < -0.39 is 10.8 Å². The van der Waals surface area contributed by atoms with Gasteiger partial charge in [-0.2, -0.15) is 0 Å². The quantitative estimate of drug-likeness (QED) is 0.869. The van der Waals surface area contributed by atoms with E-state index in [4.69, 9.17) is 0 Å². The predicted molar refractivity (Wildman–Crippen MR) is 88.0 cm³/mol. The Morgan fingerprint density at radius 3 is 2.73 bits per heavy atom. The minimum absolute atomic E-state index is 0.111. The lowest BCUT2D eigenvalue weighted by atomic mass is 9.97. The molecule has 2 unspecified atom stereocenters. The molecule has 1 saturated heterocycles. The largest absolute Gasteiger partial charge is 0.353 e. The Balaban J connectivity index is 1.45. The summed E-state index contributed by atoms with van der Waals surface area (Å²) in [4.78, 5) is 15.3. The van der Waals surface area contributed by atoms with Gasteiger partial charge in [0.25, 0.3) is 0 Å². The van der Waals surface area contributed by atoms with Gasteiger partial charge < -0.3 is 10.2 Å². The third kappa shape index (κ3) is 4.40. The Labute approximate surface area is 134 Å². The van der Waals surface area contributed by atoms with E-state index in [1.54, 1.807) is 0 Å². The molecule has 1 heterocycles. The van der Waals surface area contributed by atoms with E-state index >= 15 is 0 Å². The first-order valence-electron chi connectivity index (χ1n) is 8.18. The first-order chi connectivity index (χ1) is 10.7. The minimum Gasteiger partial charge on any atom is -0.353 e. The maximum Gasteiger partial charge on any atom is 0.224 e. The van der Waals surface area contributed by atoms with E-state index in [0.29, 0.717) is 11.8 Å². The molecule has 1 saturated carbocycles. The second kappa shape index (κ2) is 7.38. The normalized spacial score (nSPS) is 23.9. The molecule has 4 nitrogen and oxygen atoms in total. The number of nitrogens with zero attached hydrogens (tertiary/aromatic N) is 1. The topological polar surface area (TPSA) is 49.4 Å². The Morgan fingerprint density at radius 2 is 2.00 bits per heavy atom. The second-order valence-electron chi connectivity index (χ2n) is 6.29. The molecule has 1 aliphatic carbocycles. The summed E-state index contributed by atoms with van der Waals surface area (Å²) in [5.41, 5.74) is 0. The monoisotopic (exact) mass is 320 g/mol. The summed E-state index contributed by atoms with van der Waals surface area (Å²) in [6.07, 6.45) is 4.31. The number of rotatable bonds is 6. The van der Waals surface area contributed by atoms with Gasteiger partial charge in [-0.15, -0.1) is 0 Å². The average molecular weight is 320 g/mol. The van der Waals surface area contributed by atoms with Crippen LogP contribution in [0.15, 0.2) is 35.2 Å². The van der Waals surface area contributed by atoms with Gasteiger partial charge in [0.05, 0.1) is 16.7 Å². The maximum absolute atomic E-state index is 12.3. The third-order valence-electron chi connectivity index (χ3n) is 4.40. The molecule has 0 bridgehead atoms. The number of carbonyl (C=O) groups is 1. The van der Waals surface area contributed by atoms with Crippen molar-refractivity contribution in [2.45, 2.75) is 36.6 Å². The first kappa shape index (κ1) is 15.7. The summed E-state index contributed by atoms with van der Waals surface area (Å²) in [5, 5.41) is 3.11.